The molecule has 1 aliphatic heterocycles. The number of hydrogen-bond acceptors (Lipinski definition) is 4. The number of ketones is 1. The minimum Gasteiger partial charge on any atom is -0.494 e. The Bertz CT molecular complexity index is 882. The third-order valence-corrected chi connectivity index (χ3v) is 4.82. The molecule has 1 heterocycles. The number of carbonyl (C=O) groups is 2. The molecule has 0 unspecified atom stereocenters. The van der Waals surface area contributed by atoms with Crippen LogP contribution in [0.5, 0.6) is 5.75 Å². The lowest BCUT2D eigenvalue weighted by Gasteiger charge is -2.22. The van der Waals surface area contributed by atoms with E-state index >= 15 is 0 Å². The molecular formula is C21H22ClNO4. The number of halogens is 1. The van der Waals surface area contributed by atoms with Gasteiger partial charge in [-0.15, -0.1) is 0 Å². The van der Waals surface area contributed by atoms with E-state index in [1.54, 1.807) is 18.2 Å². The van der Waals surface area contributed by atoms with Gasteiger partial charge >= 0.3 is 0 Å². The van der Waals surface area contributed by atoms with E-state index in [2.05, 4.69) is 0 Å². The SMILES string of the molecule is CC(=O)C[C@]1(O)C(=O)N(CCCOc2cccc(C)c2)c2ccc(Cl)cc21. The summed E-state index contributed by atoms with van der Waals surface area (Å²) in [7, 11) is 0. The van der Waals surface area contributed by atoms with Gasteiger partial charge in [-0.1, -0.05) is 23.7 Å². The highest BCUT2D eigenvalue weighted by molar-refractivity contribution is 6.31. The van der Waals surface area contributed by atoms with Crippen molar-refractivity contribution in [1.29, 1.82) is 0 Å². The average Bonchev–Trinajstić information content (AvgIpc) is 2.79. The molecule has 142 valence electrons. The molecule has 0 aromatic heterocycles. The molecule has 6 heteroatoms. The number of aliphatic hydroxyl groups is 1. The van der Waals surface area contributed by atoms with Crippen molar-refractivity contribution < 1.29 is 19.4 Å². The van der Waals surface area contributed by atoms with Gasteiger partial charge < -0.3 is 14.7 Å². The standard InChI is InChI=1S/C21H22ClNO4/c1-14-5-3-6-17(11-14)27-10-4-9-23-19-8-7-16(22)12-18(19)21(26,20(23)25)13-15(2)24/h3,5-8,11-12,26H,4,9-10,13H2,1-2H3/t21-/m1/s1. The predicted molar refractivity (Wildman–Crippen MR) is 104 cm³/mol. The number of amides is 1. The van der Waals surface area contributed by atoms with Crippen LogP contribution in [0.25, 0.3) is 0 Å². The average molecular weight is 388 g/mol. The van der Waals surface area contributed by atoms with Crippen molar-refractivity contribution in [2.45, 2.75) is 32.3 Å². The molecule has 0 aliphatic carbocycles. The Hall–Kier alpha value is -2.37. The number of Topliss-reactive ketones (excluding diaryl/α,β-unsaturated/α-hetero) is 1. The van der Waals surface area contributed by atoms with Crippen molar-refractivity contribution >= 4 is 29.0 Å². The predicted octanol–water partition coefficient (Wildman–Crippen LogP) is 3.63. The van der Waals surface area contributed by atoms with E-state index in [1.165, 1.54) is 11.8 Å². The van der Waals surface area contributed by atoms with Crippen molar-refractivity contribution in [2.24, 2.45) is 0 Å². The van der Waals surface area contributed by atoms with E-state index in [-0.39, 0.29) is 12.2 Å². The van der Waals surface area contributed by atoms with Gasteiger partial charge in [-0.05, 0) is 56.2 Å². The topological polar surface area (TPSA) is 66.8 Å². The van der Waals surface area contributed by atoms with Gasteiger partial charge in [-0.2, -0.15) is 0 Å². The summed E-state index contributed by atoms with van der Waals surface area (Å²) in [6, 6.07) is 12.7. The number of rotatable bonds is 7. The number of carbonyl (C=O) groups excluding carboxylic acids is 2. The highest BCUT2D eigenvalue weighted by atomic mass is 35.5. The second kappa shape index (κ2) is 7.71. The maximum Gasteiger partial charge on any atom is 0.264 e. The smallest absolute Gasteiger partial charge is 0.264 e. The van der Waals surface area contributed by atoms with Gasteiger partial charge in [-0.25, -0.2) is 0 Å². The lowest BCUT2D eigenvalue weighted by molar-refractivity contribution is -0.141. The number of anilines is 1. The highest BCUT2D eigenvalue weighted by Crippen LogP contribution is 2.43. The van der Waals surface area contributed by atoms with Crippen LogP contribution in [-0.2, 0) is 15.2 Å². The number of hydrogen-bond donors (Lipinski definition) is 1. The third-order valence-electron chi connectivity index (χ3n) is 4.58. The summed E-state index contributed by atoms with van der Waals surface area (Å²) in [5.41, 5.74) is 0.226. The van der Waals surface area contributed by atoms with Crippen LogP contribution in [0.1, 0.15) is 30.9 Å². The number of ether oxygens (including phenoxy) is 1. The minimum atomic E-state index is -1.86. The van der Waals surface area contributed by atoms with Crippen LogP contribution < -0.4 is 9.64 Å². The first-order valence-electron chi connectivity index (χ1n) is 8.84. The van der Waals surface area contributed by atoms with Crippen LogP contribution in [-0.4, -0.2) is 29.9 Å². The fraction of sp³-hybridized carbons (Fsp3) is 0.333. The van der Waals surface area contributed by atoms with Gasteiger partial charge in [0.05, 0.1) is 12.3 Å². The van der Waals surface area contributed by atoms with Crippen molar-refractivity contribution in [3.05, 3.63) is 58.6 Å². The maximum absolute atomic E-state index is 12.9. The van der Waals surface area contributed by atoms with Crippen molar-refractivity contribution in [1.82, 2.24) is 0 Å². The summed E-state index contributed by atoms with van der Waals surface area (Å²) in [4.78, 5) is 26.0. The fourth-order valence-corrected chi connectivity index (χ4v) is 3.57. The Morgan fingerprint density at radius 2 is 2.04 bits per heavy atom. The molecule has 0 spiro atoms. The molecule has 0 saturated heterocycles. The van der Waals surface area contributed by atoms with Crippen molar-refractivity contribution in [3.8, 4) is 5.75 Å². The van der Waals surface area contributed by atoms with Gasteiger partial charge in [0.1, 0.15) is 11.5 Å². The normalized spacial score (nSPS) is 18.5. The van der Waals surface area contributed by atoms with Crippen molar-refractivity contribution in [2.75, 3.05) is 18.1 Å². The first-order chi connectivity index (χ1) is 12.8. The highest BCUT2D eigenvalue weighted by Gasteiger charge is 2.50. The maximum atomic E-state index is 12.9. The van der Waals surface area contributed by atoms with Crippen molar-refractivity contribution in [3.63, 3.8) is 0 Å². The molecule has 1 N–H and O–H groups in total. The molecule has 2 aromatic rings. The Morgan fingerprint density at radius 3 is 2.74 bits per heavy atom. The van der Waals surface area contributed by atoms with Crippen LogP contribution in [0.3, 0.4) is 0 Å². The van der Waals surface area contributed by atoms with E-state index < -0.39 is 11.5 Å². The first-order valence-corrected chi connectivity index (χ1v) is 9.22. The zero-order valence-corrected chi connectivity index (χ0v) is 16.1. The summed E-state index contributed by atoms with van der Waals surface area (Å²) in [5.74, 6) is 0.0231. The molecule has 5 nitrogen and oxygen atoms in total. The first kappa shape index (κ1) is 19.4. The minimum absolute atomic E-state index is 0.263. The van der Waals surface area contributed by atoms with Crippen LogP contribution in [0.15, 0.2) is 42.5 Å². The molecule has 1 aliphatic rings. The molecule has 0 fully saturated rings. The molecule has 3 rings (SSSR count). The molecule has 2 aromatic carbocycles. The monoisotopic (exact) mass is 387 g/mol. The summed E-state index contributed by atoms with van der Waals surface area (Å²) in [5, 5.41) is 11.4. The molecule has 0 saturated carbocycles. The summed E-state index contributed by atoms with van der Waals surface area (Å²) in [6.07, 6.45) is 0.313. The molecule has 1 atom stereocenters. The second-order valence-electron chi connectivity index (χ2n) is 6.88. The molecule has 1 amide bonds. The Morgan fingerprint density at radius 1 is 1.26 bits per heavy atom. The number of aryl methyl sites for hydroxylation is 1. The van der Waals surface area contributed by atoms with Crippen LogP contribution in [0, 0.1) is 6.92 Å². The Labute approximate surface area is 163 Å². The number of benzene rings is 2. The number of nitrogens with zero attached hydrogens (tertiary/aromatic N) is 1. The summed E-state index contributed by atoms with van der Waals surface area (Å²) in [6.45, 7) is 4.16. The van der Waals surface area contributed by atoms with Crippen LogP contribution in [0.2, 0.25) is 5.02 Å². The van der Waals surface area contributed by atoms with Gasteiger partial charge in [-0.3, -0.25) is 9.59 Å². The number of fused-ring (bicyclic) bond motifs is 1. The Balaban J connectivity index is 1.72. The zero-order chi connectivity index (χ0) is 19.6. The summed E-state index contributed by atoms with van der Waals surface area (Å²) >= 11 is 6.04. The zero-order valence-electron chi connectivity index (χ0n) is 15.4. The van der Waals surface area contributed by atoms with Gasteiger partial charge in [0, 0.05) is 23.6 Å². The van der Waals surface area contributed by atoms with Crippen LogP contribution >= 0.6 is 11.6 Å². The van der Waals surface area contributed by atoms with E-state index in [9.17, 15) is 14.7 Å². The third kappa shape index (κ3) is 3.99. The lowest BCUT2D eigenvalue weighted by Crippen LogP contribution is -2.42. The van der Waals surface area contributed by atoms with Crippen LogP contribution in [0.4, 0.5) is 5.69 Å². The quantitative estimate of drug-likeness (QED) is 0.737. The second-order valence-corrected chi connectivity index (χ2v) is 7.31. The molecule has 27 heavy (non-hydrogen) atoms. The van der Waals surface area contributed by atoms with Gasteiger partial charge in [0.2, 0.25) is 0 Å². The van der Waals surface area contributed by atoms with E-state index in [0.717, 1.165) is 11.3 Å². The van der Waals surface area contributed by atoms with Gasteiger partial charge in [0.25, 0.3) is 5.91 Å². The fourth-order valence-electron chi connectivity index (χ4n) is 3.39. The Kier molecular flexibility index (Phi) is 5.53. The summed E-state index contributed by atoms with van der Waals surface area (Å²) < 4.78 is 5.73. The van der Waals surface area contributed by atoms with E-state index in [1.807, 2.05) is 31.2 Å². The largest absolute Gasteiger partial charge is 0.494 e. The lowest BCUT2D eigenvalue weighted by atomic mass is 9.90. The molecule has 0 radical (unpaired) electrons. The van der Waals surface area contributed by atoms with E-state index in [4.69, 9.17) is 16.3 Å². The molecule has 0 bridgehead atoms. The van der Waals surface area contributed by atoms with Gasteiger partial charge in [0.15, 0.2) is 5.60 Å². The molecular weight excluding hydrogens is 366 g/mol. The van der Waals surface area contributed by atoms with E-state index in [0.29, 0.717) is 35.8 Å².